The summed E-state index contributed by atoms with van der Waals surface area (Å²) in [6.07, 6.45) is -0.123. The predicted octanol–water partition coefficient (Wildman–Crippen LogP) is 1.70. The number of hydrogen-bond acceptors (Lipinski definition) is 5. The molecule has 0 atom stereocenters. The second-order valence-corrected chi connectivity index (χ2v) is 6.92. The van der Waals surface area contributed by atoms with Crippen LogP contribution in [0.25, 0.3) is 10.8 Å². The summed E-state index contributed by atoms with van der Waals surface area (Å²) in [5.74, 6) is -1.17. The number of carbonyl (C=O) groups is 2. The van der Waals surface area contributed by atoms with Gasteiger partial charge in [0.1, 0.15) is 11.6 Å². The highest BCUT2D eigenvalue weighted by Crippen LogP contribution is 2.30. The van der Waals surface area contributed by atoms with Gasteiger partial charge in [0, 0.05) is 23.9 Å². The quantitative estimate of drug-likeness (QED) is 0.176. The number of nitrogen functional groups attached to an aromatic ring is 1. The molecule has 9 nitrogen and oxygen atoms in total. The van der Waals surface area contributed by atoms with Crippen molar-refractivity contribution < 1.29 is 14.3 Å². The fraction of sp³-hybridized carbons (Fsp3) is 0.0909. The van der Waals surface area contributed by atoms with Crippen molar-refractivity contribution in [2.24, 2.45) is 17.2 Å². The van der Waals surface area contributed by atoms with E-state index in [4.69, 9.17) is 32.8 Å². The lowest BCUT2D eigenvalue weighted by Gasteiger charge is -2.17. The largest absolute Gasteiger partial charge is 0.423 e. The number of carbonyl (C=O) groups excluding carboxylic acids is 2. The highest BCUT2D eigenvalue weighted by molar-refractivity contribution is 6.01. The van der Waals surface area contributed by atoms with E-state index in [1.54, 1.807) is 61.6 Å². The molecule has 0 aromatic heterocycles. The number of fused-ring (bicyclic) bond motifs is 1. The zero-order valence-electron chi connectivity index (χ0n) is 16.8. The van der Waals surface area contributed by atoms with Gasteiger partial charge in [0.15, 0.2) is 5.96 Å². The maximum Gasteiger partial charge on any atom is 0.343 e. The zero-order chi connectivity index (χ0) is 22.7. The van der Waals surface area contributed by atoms with Crippen LogP contribution in [-0.2, 0) is 11.2 Å². The average Bonchev–Trinajstić information content (AvgIpc) is 2.74. The van der Waals surface area contributed by atoms with Crippen LogP contribution >= 0.6 is 0 Å². The molecule has 158 valence electrons. The molecular weight excluding hydrogens is 396 g/mol. The minimum Gasteiger partial charge on any atom is -0.423 e. The Labute approximate surface area is 178 Å². The number of guanidine groups is 1. The van der Waals surface area contributed by atoms with E-state index >= 15 is 0 Å². The van der Waals surface area contributed by atoms with Crippen LogP contribution in [0.3, 0.4) is 0 Å². The van der Waals surface area contributed by atoms with Gasteiger partial charge in [0.05, 0.1) is 12.0 Å². The third-order valence-electron chi connectivity index (χ3n) is 4.80. The van der Waals surface area contributed by atoms with E-state index in [0.29, 0.717) is 22.2 Å². The summed E-state index contributed by atoms with van der Waals surface area (Å²) in [7, 11) is 1.64. The number of nitrogens with zero attached hydrogens (tertiary/aromatic N) is 1. The minimum absolute atomic E-state index is 0.0762. The summed E-state index contributed by atoms with van der Waals surface area (Å²) in [5.41, 5.74) is 18.4. The number of nitrogens with two attached hydrogens (primary N) is 3. The van der Waals surface area contributed by atoms with E-state index in [2.05, 4.69) is 0 Å². The molecular formula is C22H22N6O3. The van der Waals surface area contributed by atoms with Crippen molar-refractivity contribution in [2.75, 3.05) is 11.9 Å². The molecule has 0 aliphatic heterocycles. The number of amides is 1. The summed E-state index contributed by atoms with van der Waals surface area (Å²) in [5, 5.41) is 16.5. The summed E-state index contributed by atoms with van der Waals surface area (Å²) < 4.78 is 5.57. The Hall–Kier alpha value is -4.40. The monoisotopic (exact) mass is 418 g/mol. The molecule has 0 fully saturated rings. The Morgan fingerprint density at radius 1 is 0.935 bits per heavy atom. The molecule has 3 aromatic carbocycles. The van der Waals surface area contributed by atoms with Crippen molar-refractivity contribution in [3.8, 4) is 5.75 Å². The third kappa shape index (κ3) is 4.61. The molecule has 0 aliphatic rings. The smallest absolute Gasteiger partial charge is 0.343 e. The number of nitrogens with one attached hydrogen (secondary N) is 2. The van der Waals surface area contributed by atoms with Gasteiger partial charge < -0.3 is 26.8 Å². The van der Waals surface area contributed by atoms with E-state index in [-0.39, 0.29) is 29.5 Å². The van der Waals surface area contributed by atoms with Gasteiger partial charge in [-0.2, -0.15) is 0 Å². The van der Waals surface area contributed by atoms with Gasteiger partial charge in [-0.15, -0.1) is 0 Å². The van der Waals surface area contributed by atoms with Gasteiger partial charge >= 0.3 is 5.97 Å². The number of amidine groups is 1. The van der Waals surface area contributed by atoms with E-state index in [0.717, 1.165) is 5.39 Å². The van der Waals surface area contributed by atoms with Crippen LogP contribution in [0.5, 0.6) is 5.75 Å². The first kappa shape index (κ1) is 21.3. The summed E-state index contributed by atoms with van der Waals surface area (Å²) in [4.78, 5) is 25.8. The molecule has 0 aliphatic carbocycles. The average molecular weight is 418 g/mol. The molecule has 8 N–H and O–H groups in total. The van der Waals surface area contributed by atoms with Crippen molar-refractivity contribution in [1.82, 2.24) is 0 Å². The molecule has 0 saturated heterocycles. The molecule has 31 heavy (non-hydrogen) atoms. The standard InChI is InChI=1S/C22H22N6O3/c1-28(22(26)27)15-6-2-12(3-7-15)21(30)31-18-9-5-13-10-14(20(24)25)4-8-16(13)17(18)11-19(23)29/h2-10H,11H2,1H3,(H2,23,29)(H3,24,25)(H3,26,27). The molecule has 3 rings (SSSR count). The molecule has 0 bridgehead atoms. The van der Waals surface area contributed by atoms with Gasteiger partial charge in [0.2, 0.25) is 5.91 Å². The van der Waals surface area contributed by atoms with Crippen LogP contribution in [0.1, 0.15) is 21.5 Å². The third-order valence-corrected chi connectivity index (χ3v) is 4.80. The maximum atomic E-state index is 12.7. The molecule has 9 heteroatoms. The van der Waals surface area contributed by atoms with Crippen LogP contribution in [0.4, 0.5) is 5.69 Å². The number of esters is 1. The first-order valence-corrected chi connectivity index (χ1v) is 9.25. The zero-order valence-corrected chi connectivity index (χ0v) is 16.8. The Morgan fingerprint density at radius 3 is 2.16 bits per heavy atom. The van der Waals surface area contributed by atoms with Crippen LogP contribution in [0, 0.1) is 10.8 Å². The lowest BCUT2D eigenvalue weighted by molar-refractivity contribution is -0.117. The van der Waals surface area contributed by atoms with Crippen molar-refractivity contribution in [2.45, 2.75) is 6.42 Å². The fourth-order valence-corrected chi connectivity index (χ4v) is 3.11. The van der Waals surface area contributed by atoms with Gasteiger partial charge in [-0.1, -0.05) is 18.2 Å². The molecule has 3 aromatic rings. The Morgan fingerprint density at radius 2 is 1.58 bits per heavy atom. The maximum absolute atomic E-state index is 12.7. The Bertz CT molecular complexity index is 1200. The van der Waals surface area contributed by atoms with E-state index in [9.17, 15) is 9.59 Å². The number of hydrogen-bond donors (Lipinski definition) is 5. The summed E-state index contributed by atoms with van der Waals surface area (Å²) >= 11 is 0. The second-order valence-electron chi connectivity index (χ2n) is 6.92. The topological polar surface area (TPSA) is 172 Å². The van der Waals surface area contributed by atoms with Gasteiger partial charge in [-0.3, -0.25) is 15.6 Å². The first-order chi connectivity index (χ1) is 14.7. The predicted molar refractivity (Wildman–Crippen MR) is 120 cm³/mol. The number of ether oxygens (including phenoxy) is 1. The number of anilines is 1. The van der Waals surface area contributed by atoms with Crippen LogP contribution in [-0.4, -0.2) is 30.7 Å². The summed E-state index contributed by atoms with van der Waals surface area (Å²) in [6.45, 7) is 0. The van der Waals surface area contributed by atoms with Gasteiger partial charge in [-0.05, 0) is 47.2 Å². The highest BCUT2D eigenvalue weighted by Gasteiger charge is 2.17. The molecule has 0 radical (unpaired) electrons. The van der Waals surface area contributed by atoms with E-state index < -0.39 is 11.9 Å². The van der Waals surface area contributed by atoms with Crippen molar-refractivity contribution in [3.05, 3.63) is 71.3 Å². The Balaban J connectivity index is 1.95. The number of rotatable bonds is 6. The number of benzene rings is 3. The SMILES string of the molecule is CN(C(=N)N)c1ccc(C(=O)Oc2ccc3cc(C(=N)N)ccc3c2CC(N)=O)cc1. The number of primary amides is 1. The van der Waals surface area contributed by atoms with E-state index in [1.807, 2.05) is 0 Å². The van der Waals surface area contributed by atoms with Crippen molar-refractivity contribution >= 4 is 40.1 Å². The summed E-state index contributed by atoms with van der Waals surface area (Å²) in [6, 6.07) is 14.8. The fourth-order valence-electron chi connectivity index (χ4n) is 3.11. The molecule has 0 unspecified atom stereocenters. The normalized spacial score (nSPS) is 10.5. The molecule has 0 heterocycles. The van der Waals surface area contributed by atoms with E-state index in [1.165, 1.54) is 4.90 Å². The first-order valence-electron chi connectivity index (χ1n) is 9.25. The van der Waals surface area contributed by atoms with Crippen molar-refractivity contribution in [3.63, 3.8) is 0 Å². The van der Waals surface area contributed by atoms with Gasteiger partial charge in [0.25, 0.3) is 0 Å². The second kappa shape index (κ2) is 8.54. The molecule has 0 saturated carbocycles. The Kier molecular flexibility index (Phi) is 5.87. The molecule has 1 amide bonds. The van der Waals surface area contributed by atoms with Crippen molar-refractivity contribution in [1.29, 1.82) is 10.8 Å². The van der Waals surface area contributed by atoms with Crippen LogP contribution in [0.15, 0.2) is 54.6 Å². The lowest BCUT2D eigenvalue weighted by atomic mass is 9.98. The highest BCUT2D eigenvalue weighted by atomic mass is 16.5. The minimum atomic E-state index is -0.609. The van der Waals surface area contributed by atoms with Crippen LogP contribution < -0.4 is 26.8 Å². The van der Waals surface area contributed by atoms with Gasteiger partial charge in [-0.25, -0.2) is 4.79 Å². The lowest BCUT2D eigenvalue weighted by Crippen LogP contribution is -2.32. The molecule has 0 spiro atoms. The van der Waals surface area contributed by atoms with Crippen LogP contribution in [0.2, 0.25) is 0 Å².